The van der Waals surface area contributed by atoms with Gasteiger partial charge in [0.05, 0.1) is 0 Å². The highest BCUT2D eigenvalue weighted by Crippen LogP contribution is 2.09. The molecular weight excluding hydrogens is 136 g/mol. The van der Waals surface area contributed by atoms with Crippen LogP contribution in [0.2, 0.25) is 0 Å². The number of nitrogens with one attached hydrogen (secondary N) is 2. The highest BCUT2D eigenvalue weighted by atomic mass is 15.3. The Kier molecular flexibility index (Phi) is 4.62. The average molecular weight is 154 g/mol. The first-order valence-corrected chi connectivity index (χ1v) is 3.82. The lowest BCUT2D eigenvalue weighted by molar-refractivity contribution is 0.366. The Labute approximate surface area is 69.3 Å². The molecule has 0 aliphatic rings. The van der Waals surface area contributed by atoms with Crippen LogP contribution < -0.4 is 10.9 Å². The lowest BCUT2D eigenvalue weighted by atomic mass is 9.98. The van der Waals surface area contributed by atoms with Crippen LogP contribution in [0.1, 0.15) is 20.8 Å². The standard InChI is InChI=1S/C9H18N2/c1-5-6-7-10-11-8-9(2,3)4/h5-7,10-11H,1,8H2,2-4H3/b7-6-. The van der Waals surface area contributed by atoms with Crippen molar-refractivity contribution in [3.8, 4) is 0 Å². The van der Waals surface area contributed by atoms with Gasteiger partial charge in [0, 0.05) is 12.7 Å². The van der Waals surface area contributed by atoms with Gasteiger partial charge in [-0.25, -0.2) is 5.43 Å². The van der Waals surface area contributed by atoms with Crippen molar-refractivity contribution in [2.24, 2.45) is 5.41 Å². The van der Waals surface area contributed by atoms with Gasteiger partial charge in [0.2, 0.25) is 0 Å². The summed E-state index contributed by atoms with van der Waals surface area (Å²) in [5, 5.41) is 0. The summed E-state index contributed by atoms with van der Waals surface area (Å²) in [5.74, 6) is 0. The second-order valence-corrected chi connectivity index (χ2v) is 3.65. The Bertz CT molecular complexity index is 131. The minimum Gasteiger partial charge on any atom is -0.329 e. The number of hydrazine groups is 1. The number of rotatable bonds is 4. The Morgan fingerprint density at radius 1 is 1.36 bits per heavy atom. The van der Waals surface area contributed by atoms with Crippen molar-refractivity contribution in [2.45, 2.75) is 20.8 Å². The van der Waals surface area contributed by atoms with Gasteiger partial charge in [-0.3, -0.25) is 0 Å². The van der Waals surface area contributed by atoms with Gasteiger partial charge in [0.15, 0.2) is 0 Å². The lowest BCUT2D eigenvalue weighted by Crippen LogP contribution is -2.34. The zero-order valence-corrected chi connectivity index (χ0v) is 7.65. The fraction of sp³-hybridized carbons (Fsp3) is 0.556. The molecule has 0 bridgehead atoms. The molecule has 0 heterocycles. The van der Waals surface area contributed by atoms with Crippen molar-refractivity contribution >= 4 is 0 Å². The van der Waals surface area contributed by atoms with Crippen LogP contribution in [0.4, 0.5) is 0 Å². The van der Waals surface area contributed by atoms with Crippen LogP contribution in [0, 0.1) is 5.41 Å². The zero-order chi connectivity index (χ0) is 8.74. The maximum atomic E-state index is 3.55. The molecule has 2 nitrogen and oxygen atoms in total. The maximum absolute atomic E-state index is 3.55. The van der Waals surface area contributed by atoms with Gasteiger partial charge in [-0.2, -0.15) is 0 Å². The molecule has 0 aliphatic heterocycles. The molecule has 0 radical (unpaired) electrons. The van der Waals surface area contributed by atoms with Crippen molar-refractivity contribution < 1.29 is 0 Å². The molecule has 0 fully saturated rings. The van der Waals surface area contributed by atoms with Crippen LogP contribution in [0.25, 0.3) is 0 Å². The van der Waals surface area contributed by atoms with Crippen LogP contribution in [0.15, 0.2) is 24.9 Å². The van der Waals surface area contributed by atoms with E-state index < -0.39 is 0 Å². The first-order chi connectivity index (χ1) is 5.06. The number of allylic oxidation sites excluding steroid dienone is 2. The Balaban J connectivity index is 3.28. The van der Waals surface area contributed by atoms with Crippen molar-refractivity contribution in [1.29, 1.82) is 0 Å². The SMILES string of the molecule is C=C/C=C\NNCC(C)(C)C. The first kappa shape index (κ1) is 10.2. The molecule has 0 aromatic rings. The molecule has 0 saturated heterocycles. The van der Waals surface area contributed by atoms with Crippen LogP contribution in [-0.4, -0.2) is 6.54 Å². The minimum absolute atomic E-state index is 0.315. The van der Waals surface area contributed by atoms with E-state index in [1.54, 1.807) is 6.08 Å². The third-order valence-corrected chi connectivity index (χ3v) is 1.04. The smallest absolute Gasteiger partial charge is 0.0196 e. The van der Waals surface area contributed by atoms with E-state index in [-0.39, 0.29) is 0 Å². The predicted octanol–water partition coefficient (Wildman–Crippen LogP) is 1.83. The summed E-state index contributed by atoms with van der Waals surface area (Å²) in [7, 11) is 0. The normalized spacial score (nSPS) is 11.9. The topological polar surface area (TPSA) is 24.1 Å². The molecule has 11 heavy (non-hydrogen) atoms. The van der Waals surface area contributed by atoms with Crippen molar-refractivity contribution in [1.82, 2.24) is 10.9 Å². The fourth-order valence-corrected chi connectivity index (χ4v) is 0.491. The van der Waals surface area contributed by atoms with E-state index in [9.17, 15) is 0 Å². The van der Waals surface area contributed by atoms with E-state index in [0.717, 1.165) is 6.54 Å². The van der Waals surface area contributed by atoms with Crippen molar-refractivity contribution in [3.05, 3.63) is 24.9 Å². The first-order valence-electron chi connectivity index (χ1n) is 3.82. The van der Waals surface area contributed by atoms with E-state index in [1.165, 1.54) is 0 Å². The molecule has 0 spiro atoms. The van der Waals surface area contributed by atoms with Crippen LogP contribution in [-0.2, 0) is 0 Å². The van der Waals surface area contributed by atoms with E-state index in [0.29, 0.717) is 5.41 Å². The van der Waals surface area contributed by atoms with Gasteiger partial charge < -0.3 is 5.43 Å². The summed E-state index contributed by atoms with van der Waals surface area (Å²) in [6.45, 7) is 11.0. The molecule has 0 amide bonds. The summed E-state index contributed by atoms with van der Waals surface area (Å²) in [4.78, 5) is 0. The van der Waals surface area contributed by atoms with Gasteiger partial charge in [-0.05, 0) is 11.5 Å². The molecule has 0 unspecified atom stereocenters. The van der Waals surface area contributed by atoms with Gasteiger partial charge in [-0.15, -0.1) is 0 Å². The molecule has 0 aromatic carbocycles. The van der Waals surface area contributed by atoms with Gasteiger partial charge in [0.1, 0.15) is 0 Å². The minimum atomic E-state index is 0.315. The molecule has 64 valence electrons. The number of hydrogen-bond donors (Lipinski definition) is 2. The Morgan fingerprint density at radius 2 is 2.00 bits per heavy atom. The van der Waals surface area contributed by atoms with Crippen LogP contribution in [0.3, 0.4) is 0 Å². The quantitative estimate of drug-likeness (QED) is 0.367. The second kappa shape index (κ2) is 4.97. The average Bonchev–Trinajstić information content (AvgIpc) is 1.85. The van der Waals surface area contributed by atoms with Crippen molar-refractivity contribution in [3.63, 3.8) is 0 Å². The second-order valence-electron chi connectivity index (χ2n) is 3.65. The predicted molar refractivity (Wildman–Crippen MR) is 49.9 cm³/mol. The fourth-order valence-electron chi connectivity index (χ4n) is 0.491. The Morgan fingerprint density at radius 3 is 2.45 bits per heavy atom. The van der Waals surface area contributed by atoms with Crippen LogP contribution in [0.5, 0.6) is 0 Å². The molecule has 2 heteroatoms. The summed E-state index contributed by atoms with van der Waals surface area (Å²) in [6.07, 6.45) is 5.39. The lowest BCUT2D eigenvalue weighted by Gasteiger charge is -2.18. The summed E-state index contributed by atoms with van der Waals surface area (Å²) in [6, 6.07) is 0. The molecule has 0 saturated carbocycles. The van der Waals surface area contributed by atoms with Crippen LogP contribution >= 0.6 is 0 Å². The molecule has 0 atom stereocenters. The molecule has 0 rings (SSSR count). The summed E-state index contributed by atoms with van der Waals surface area (Å²) in [5.41, 5.74) is 6.33. The molecular formula is C9H18N2. The van der Waals surface area contributed by atoms with E-state index in [4.69, 9.17) is 0 Å². The third-order valence-electron chi connectivity index (χ3n) is 1.04. The van der Waals surface area contributed by atoms with Gasteiger partial charge in [-0.1, -0.05) is 33.4 Å². The van der Waals surface area contributed by atoms with Gasteiger partial charge in [0.25, 0.3) is 0 Å². The monoisotopic (exact) mass is 154 g/mol. The van der Waals surface area contributed by atoms with E-state index in [1.807, 2.05) is 12.3 Å². The highest BCUT2D eigenvalue weighted by molar-refractivity contribution is 4.95. The maximum Gasteiger partial charge on any atom is 0.0196 e. The Hall–Kier alpha value is -0.760. The zero-order valence-electron chi connectivity index (χ0n) is 7.65. The van der Waals surface area contributed by atoms with Gasteiger partial charge >= 0.3 is 0 Å². The molecule has 0 aliphatic carbocycles. The largest absolute Gasteiger partial charge is 0.329 e. The highest BCUT2D eigenvalue weighted by Gasteiger charge is 2.07. The molecule has 0 aromatic heterocycles. The van der Waals surface area contributed by atoms with E-state index >= 15 is 0 Å². The molecule has 2 N–H and O–H groups in total. The third kappa shape index (κ3) is 9.24. The van der Waals surface area contributed by atoms with E-state index in [2.05, 4.69) is 38.2 Å². The van der Waals surface area contributed by atoms with Crippen molar-refractivity contribution in [2.75, 3.05) is 6.54 Å². The summed E-state index contributed by atoms with van der Waals surface area (Å²) >= 11 is 0. The number of hydrogen-bond acceptors (Lipinski definition) is 2. The summed E-state index contributed by atoms with van der Waals surface area (Å²) < 4.78 is 0.